The standard InChI is InChI=1S/C20H26N3O2P/c1-5-21-20(24)19(16(2)22-23(3)4)26(25,17-12-8-6-9-13-17)18-14-10-7-11-15-18/h6-15,19H,5H2,1-4H3,(H,21,24)/b22-16+. The second-order valence-corrected chi connectivity index (χ2v) is 9.08. The predicted octanol–water partition coefficient (Wildman–Crippen LogP) is 2.44. The van der Waals surface area contributed by atoms with Gasteiger partial charge in [-0.05, 0) is 13.8 Å². The van der Waals surface area contributed by atoms with E-state index < -0.39 is 12.8 Å². The van der Waals surface area contributed by atoms with Gasteiger partial charge in [0.05, 0.1) is 5.71 Å². The first kappa shape index (κ1) is 19.9. The van der Waals surface area contributed by atoms with E-state index in [-0.39, 0.29) is 5.91 Å². The van der Waals surface area contributed by atoms with Crippen LogP contribution in [0.15, 0.2) is 65.8 Å². The van der Waals surface area contributed by atoms with Crippen molar-refractivity contribution in [3.05, 3.63) is 60.7 Å². The van der Waals surface area contributed by atoms with Gasteiger partial charge in [0.1, 0.15) is 5.66 Å². The van der Waals surface area contributed by atoms with Crippen molar-refractivity contribution in [2.45, 2.75) is 19.5 Å². The lowest BCUT2D eigenvalue weighted by molar-refractivity contribution is -0.119. The van der Waals surface area contributed by atoms with Crippen LogP contribution in [0.5, 0.6) is 0 Å². The molecule has 6 heteroatoms. The normalized spacial score (nSPS) is 13.2. The molecule has 2 rings (SSSR count). The summed E-state index contributed by atoms with van der Waals surface area (Å²) in [5.41, 5.74) is -0.341. The van der Waals surface area contributed by atoms with Gasteiger partial charge in [0.15, 0.2) is 7.14 Å². The molecule has 1 N–H and O–H groups in total. The Bertz CT molecular complexity index is 761. The van der Waals surface area contributed by atoms with Crippen LogP contribution in [0.2, 0.25) is 0 Å². The molecule has 26 heavy (non-hydrogen) atoms. The van der Waals surface area contributed by atoms with Crippen molar-refractivity contribution in [2.75, 3.05) is 20.6 Å². The summed E-state index contributed by atoms with van der Waals surface area (Å²) < 4.78 is 14.5. The minimum Gasteiger partial charge on any atom is -0.355 e. The van der Waals surface area contributed by atoms with Crippen molar-refractivity contribution in [3.8, 4) is 0 Å². The average molecular weight is 371 g/mol. The molecule has 0 fully saturated rings. The second kappa shape index (κ2) is 8.81. The van der Waals surface area contributed by atoms with Crippen molar-refractivity contribution in [1.29, 1.82) is 0 Å². The van der Waals surface area contributed by atoms with Gasteiger partial charge in [-0.25, -0.2) is 0 Å². The van der Waals surface area contributed by atoms with E-state index in [1.165, 1.54) is 0 Å². The molecule has 0 radical (unpaired) electrons. The number of carbonyl (C=O) groups is 1. The van der Waals surface area contributed by atoms with E-state index in [4.69, 9.17) is 0 Å². The first-order valence-electron chi connectivity index (χ1n) is 8.62. The maximum atomic E-state index is 14.5. The van der Waals surface area contributed by atoms with Crippen LogP contribution in [0.4, 0.5) is 0 Å². The quantitative estimate of drug-likeness (QED) is 0.462. The summed E-state index contributed by atoms with van der Waals surface area (Å²) in [7, 11) is 0.270. The Balaban J connectivity index is 2.74. The Morgan fingerprint density at radius 3 is 1.88 bits per heavy atom. The van der Waals surface area contributed by atoms with Crippen LogP contribution in [-0.4, -0.2) is 42.9 Å². The highest BCUT2D eigenvalue weighted by Gasteiger charge is 2.43. The third-order valence-electron chi connectivity index (χ3n) is 4.00. The Hall–Kier alpha value is -2.39. The Morgan fingerprint density at radius 2 is 1.50 bits per heavy atom. The third kappa shape index (κ3) is 4.23. The number of carbonyl (C=O) groups excluding carboxylic acids is 1. The number of benzene rings is 2. The van der Waals surface area contributed by atoms with Gasteiger partial charge in [0.25, 0.3) is 0 Å². The fourth-order valence-electron chi connectivity index (χ4n) is 3.01. The highest BCUT2D eigenvalue weighted by molar-refractivity contribution is 7.81. The molecule has 0 aliphatic heterocycles. The Morgan fingerprint density at radius 1 is 1.04 bits per heavy atom. The van der Waals surface area contributed by atoms with Gasteiger partial charge >= 0.3 is 0 Å². The average Bonchev–Trinajstić information content (AvgIpc) is 2.62. The number of nitrogens with one attached hydrogen (secondary N) is 1. The minimum absolute atomic E-state index is 0.272. The summed E-state index contributed by atoms with van der Waals surface area (Å²) in [5, 5.41) is 10.2. The molecule has 2 aromatic rings. The molecule has 2 aromatic carbocycles. The van der Waals surface area contributed by atoms with Crippen molar-refractivity contribution in [3.63, 3.8) is 0 Å². The maximum Gasteiger partial charge on any atom is 0.236 e. The summed E-state index contributed by atoms with van der Waals surface area (Å²) in [4.78, 5) is 13.0. The zero-order chi connectivity index (χ0) is 19.2. The molecule has 1 atom stereocenters. The Kier molecular flexibility index (Phi) is 6.76. The predicted molar refractivity (Wildman–Crippen MR) is 109 cm³/mol. The molecule has 0 bridgehead atoms. The van der Waals surface area contributed by atoms with Crippen molar-refractivity contribution >= 4 is 29.4 Å². The number of hydrogen-bond donors (Lipinski definition) is 1. The summed E-state index contributed by atoms with van der Waals surface area (Å²) >= 11 is 0. The van der Waals surface area contributed by atoms with Gasteiger partial charge < -0.3 is 14.9 Å². The van der Waals surface area contributed by atoms with Crippen LogP contribution in [0, 0.1) is 0 Å². The van der Waals surface area contributed by atoms with E-state index in [0.29, 0.717) is 22.9 Å². The van der Waals surface area contributed by atoms with E-state index in [0.717, 1.165) is 0 Å². The van der Waals surface area contributed by atoms with E-state index in [1.807, 2.05) is 67.6 Å². The summed E-state index contributed by atoms with van der Waals surface area (Å²) in [6, 6.07) is 18.4. The monoisotopic (exact) mass is 371 g/mol. The second-order valence-electron chi connectivity index (χ2n) is 6.21. The van der Waals surface area contributed by atoms with Crippen LogP contribution in [0.25, 0.3) is 0 Å². The van der Waals surface area contributed by atoms with Gasteiger partial charge in [-0.15, -0.1) is 0 Å². The first-order valence-corrected chi connectivity index (χ1v) is 10.4. The van der Waals surface area contributed by atoms with Gasteiger partial charge in [0, 0.05) is 31.2 Å². The van der Waals surface area contributed by atoms with E-state index in [9.17, 15) is 9.36 Å². The molecular weight excluding hydrogens is 345 g/mol. The first-order chi connectivity index (χ1) is 12.4. The SMILES string of the molecule is CCNC(=O)C(/C(C)=N/N(C)C)P(=O)(c1ccccc1)c1ccccc1. The molecule has 5 nitrogen and oxygen atoms in total. The van der Waals surface area contributed by atoms with E-state index >= 15 is 0 Å². The topological polar surface area (TPSA) is 61.8 Å². The van der Waals surface area contributed by atoms with Crippen LogP contribution in [0.3, 0.4) is 0 Å². The lowest BCUT2D eigenvalue weighted by Gasteiger charge is -2.28. The maximum absolute atomic E-state index is 14.5. The fourth-order valence-corrected chi connectivity index (χ4v) is 6.13. The van der Waals surface area contributed by atoms with Crippen molar-refractivity contribution in [1.82, 2.24) is 10.3 Å². The van der Waals surface area contributed by atoms with Crippen LogP contribution in [0.1, 0.15) is 13.8 Å². The number of nitrogens with zero attached hydrogens (tertiary/aromatic N) is 2. The lowest BCUT2D eigenvalue weighted by Crippen LogP contribution is -2.43. The summed E-state index contributed by atoms with van der Waals surface area (Å²) in [6.45, 7) is 4.08. The number of hydrogen-bond acceptors (Lipinski definition) is 4. The third-order valence-corrected chi connectivity index (χ3v) is 7.46. The van der Waals surface area contributed by atoms with Gasteiger partial charge in [-0.3, -0.25) is 4.79 Å². The highest BCUT2D eigenvalue weighted by atomic mass is 31.2. The molecule has 0 aromatic heterocycles. The van der Waals surface area contributed by atoms with E-state index in [1.54, 1.807) is 26.0 Å². The zero-order valence-electron chi connectivity index (χ0n) is 15.7. The molecular formula is C20H26N3O2P. The smallest absolute Gasteiger partial charge is 0.236 e. The Labute approximate surface area is 155 Å². The number of rotatable bonds is 7. The molecule has 138 valence electrons. The molecule has 0 heterocycles. The van der Waals surface area contributed by atoms with E-state index in [2.05, 4.69) is 10.4 Å². The fraction of sp³-hybridized carbons (Fsp3) is 0.300. The number of hydrazone groups is 1. The molecule has 1 unspecified atom stereocenters. The van der Waals surface area contributed by atoms with Crippen LogP contribution >= 0.6 is 7.14 Å². The van der Waals surface area contributed by atoms with Crippen LogP contribution < -0.4 is 15.9 Å². The lowest BCUT2D eigenvalue weighted by atomic mass is 10.2. The molecule has 0 saturated heterocycles. The summed E-state index contributed by atoms with van der Waals surface area (Å²) in [6.07, 6.45) is 0. The van der Waals surface area contributed by atoms with Gasteiger partial charge in [-0.2, -0.15) is 5.10 Å². The molecule has 0 spiro atoms. The molecule has 0 aliphatic carbocycles. The molecule has 0 aliphatic rings. The van der Waals surface area contributed by atoms with Gasteiger partial charge in [0.2, 0.25) is 5.91 Å². The number of amides is 1. The highest BCUT2D eigenvalue weighted by Crippen LogP contribution is 2.49. The van der Waals surface area contributed by atoms with Crippen LogP contribution in [-0.2, 0) is 9.36 Å². The molecule has 0 saturated carbocycles. The van der Waals surface area contributed by atoms with Crippen molar-refractivity contribution < 1.29 is 9.36 Å². The van der Waals surface area contributed by atoms with Gasteiger partial charge in [-0.1, -0.05) is 60.7 Å². The minimum atomic E-state index is -3.30. The van der Waals surface area contributed by atoms with Crippen molar-refractivity contribution in [2.24, 2.45) is 5.10 Å². The zero-order valence-corrected chi connectivity index (χ0v) is 16.6. The largest absolute Gasteiger partial charge is 0.355 e. The summed E-state index contributed by atoms with van der Waals surface area (Å²) in [5.74, 6) is -0.272. The molecule has 1 amide bonds.